The summed E-state index contributed by atoms with van der Waals surface area (Å²) >= 11 is 0. The summed E-state index contributed by atoms with van der Waals surface area (Å²) in [5, 5.41) is 3.46. The molecule has 0 radical (unpaired) electrons. The molecule has 1 aromatic carbocycles. The van der Waals surface area contributed by atoms with Gasteiger partial charge in [0.2, 0.25) is 0 Å². The fourth-order valence-corrected chi connectivity index (χ4v) is 0.960. The number of benzene rings is 1. The highest BCUT2D eigenvalue weighted by Gasteiger charge is 1.92. The predicted molar refractivity (Wildman–Crippen MR) is 55.0 cm³/mol. The first-order valence-corrected chi connectivity index (χ1v) is 4.20. The maximum Gasteiger partial charge on any atom is 0.119 e. The van der Waals surface area contributed by atoms with Crippen molar-refractivity contribution in [3.8, 4) is 5.75 Å². The van der Waals surface area contributed by atoms with Crippen molar-refractivity contribution in [3.63, 3.8) is 0 Å². The molecule has 0 aromatic heterocycles. The van der Waals surface area contributed by atoms with Crippen LogP contribution < -0.4 is 4.74 Å². The Bertz CT molecular complexity index is 339. The molecule has 0 amide bonds. The predicted octanol–water partition coefficient (Wildman–Crippen LogP) is 3.06. The smallest absolute Gasteiger partial charge is 0.119 e. The van der Waals surface area contributed by atoms with Crippen molar-refractivity contribution in [2.45, 2.75) is 6.54 Å². The highest BCUT2D eigenvalue weighted by atomic mass is 16.5. The quantitative estimate of drug-likeness (QED) is 0.304. The fourth-order valence-electron chi connectivity index (χ4n) is 0.960. The van der Waals surface area contributed by atoms with Gasteiger partial charge in [0.05, 0.1) is 6.54 Å². The molecule has 0 aliphatic rings. The van der Waals surface area contributed by atoms with Crippen LogP contribution in [0.4, 0.5) is 0 Å². The van der Waals surface area contributed by atoms with Crippen LogP contribution in [-0.4, -0.2) is 6.61 Å². The first-order chi connectivity index (χ1) is 6.86. The minimum atomic E-state index is 0.373. The van der Waals surface area contributed by atoms with Gasteiger partial charge < -0.3 is 4.74 Å². The highest BCUT2D eigenvalue weighted by molar-refractivity contribution is 5.27. The second kappa shape index (κ2) is 5.67. The van der Waals surface area contributed by atoms with E-state index in [1.54, 1.807) is 6.08 Å². The summed E-state index contributed by atoms with van der Waals surface area (Å²) in [6.45, 7) is 4.42. The van der Waals surface area contributed by atoms with E-state index in [0.29, 0.717) is 13.2 Å². The molecule has 1 aromatic rings. The molecule has 4 nitrogen and oxygen atoms in total. The topological polar surface area (TPSA) is 58.0 Å². The van der Waals surface area contributed by atoms with Crippen molar-refractivity contribution in [2.24, 2.45) is 5.11 Å². The molecule has 0 bridgehead atoms. The largest absolute Gasteiger partial charge is 0.490 e. The lowest BCUT2D eigenvalue weighted by atomic mass is 10.2. The molecule has 4 heteroatoms. The molecular formula is C10H11N3O. The van der Waals surface area contributed by atoms with Crippen molar-refractivity contribution in [3.05, 3.63) is 52.9 Å². The van der Waals surface area contributed by atoms with Gasteiger partial charge in [0.1, 0.15) is 12.4 Å². The molecule has 0 aliphatic carbocycles. The van der Waals surface area contributed by atoms with Gasteiger partial charge in [0, 0.05) is 4.91 Å². The molecule has 72 valence electrons. The van der Waals surface area contributed by atoms with Crippen LogP contribution in [0.25, 0.3) is 10.4 Å². The lowest BCUT2D eigenvalue weighted by Gasteiger charge is -2.02. The van der Waals surface area contributed by atoms with Crippen LogP contribution in [0.3, 0.4) is 0 Å². The first-order valence-electron chi connectivity index (χ1n) is 4.20. The lowest BCUT2D eigenvalue weighted by Crippen LogP contribution is -1.92. The summed E-state index contributed by atoms with van der Waals surface area (Å²) in [7, 11) is 0. The molecule has 0 heterocycles. The minimum absolute atomic E-state index is 0.373. The monoisotopic (exact) mass is 189 g/mol. The van der Waals surface area contributed by atoms with Gasteiger partial charge in [-0.15, -0.1) is 0 Å². The van der Waals surface area contributed by atoms with Gasteiger partial charge in [-0.25, -0.2) is 0 Å². The number of hydrogen-bond donors (Lipinski definition) is 0. The molecule has 0 saturated heterocycles. The Balaban J connectivity index is 2.58. The Morgan fingerprint density at radius 1 is 1.43 bits per heavy atom. The van der Waals surface area contributed by atoms with E-state index in [-0.39, 0.29) is 0 Å². The maximum atomic E-state index is 8.12. The van der Waals surface area contributed by atoms with E-state index in [1.165, 1.54) is 0 Å². The summed E-state index contributed by atoms with van der Waals surface area (Å²) < 4.78 is 5.29. The number of ether oxygens (including phenoxy) is 1. The average Bonchev–Trinajstić information content (AvgIpc) is 2.25. The highest BCUT2D eigenvalue weighted by Crippen LogP contribution is 2.12. The third-order valence-corrected chi connectivity index (χ3v) is 1.61. The summed E-state index contributed by atoms with van der Waals surface area (Å²) in [5.74, 6) is 0.787. The summed E-state index contributed by atoms with van der Waals surface area (Å²) in [6, 6.07) is 7.41. The van der Waals surface area contributed by atoms with E-state index >= 15 is 0 Å². The normalized spacial score (nSPS) is 8.86. The first kappa shape index (κ1) is 10.2. The van der Waals surface area contributed by atoms with Crippen LogP contribution in [0.5, 0.6) is 5.75 Å². The number of rotatable bonds is 5. The Morgan fingerprint density at radius 3 is 2.71 bits per heavy atom. The van der Waals surface area contributed by atoms with Crippen molar-refractivity contribution in [1.82, 2.24) is 0 Å². The second-order valence-electron chi connectivity index (χ2n) is 2.63. The number of hydrogen-bond acceptors (Lipinski definition) is 2. The molecule has 1 rings (SSSR count). The fraction of sp³-hybridized carbons (Fsp3) is 0.200. The number of nitrogens with zero attached hydrogens (tertiary/aromatic N) is 3. The van der Waals surface area contributed by atoms with E-state index < -0.39 is 0 Å². The van der Waals surface area contributed by atoms with Gasteiger partial charge >= 0.3 is 0 Å². The van der Waals surface area contributed by atoms with Crippen molar-refractivity contribution >= 4 is 0 Å². The average molecular weight is 189 g/mol. The molecule has 0 atom stereocenters. The zero-order valence-corrected chi connectivity index (χ0v) is 7.76. The second-order valence-corrected chi connectivity index (χ2v) is 2.63. The molecule has 0 aliphatic heterocycles. The third-order valence-electron chi connectivity index (χ3n) is 1.61. The lowest BCUT2D eigenvalue weighted by molar-refractivity contribution is 0.363. The SMILES string of the molecule is C=CCOc1ccc(CN=[N+]=[N-])cc1. The van der Waals surface area contributed by atoms with Crippen molar-refractivity contribution in [2.75, 3.05) is 6.61 Å². The van der Waals surface area contributed by atoms with Gasteiger partial charge in [-0.2, -0.15) is 0 Å². The molecular weight excluding hydrogens is 178 g/mol. The Morgan fingerprint density at radius 2 is 2.14 bits per heavy atom. The van der Waals surface area contributed by atoms with Crippen LogP contribution in [0.15, 0.2) is 42.0 Å². The van der Waals surface area contributed by atoms with Crippen LogP contribution in [0.2, 0.25) is 0 Å². The summed E-state index contributed by atoms with van der Waals surface area (Å²) in [6.07, 6.45) is 1.69. The van der Waals surface area contributed by atoms with E-state index in [0.717, 1.165) is 11.3 Å². The molecule has 14 heavy (non-hydrogen) atoms. The molecule has 0 spiro atoms. The Hall–Kier alpha value is -1.93. The molecule has 0 N–H and O–H groups in total. The van der Waals surface area contributed by atoms with Crippen molar-refractivity contribution < 1.29 is 4.74 Å². The summed E-state index contributed by atoms with van der Waals surface area (Å²) in [4.78, 5) is 2.68. The van der Waals surface area contributed by atoms with Gasteiger partial charge in [-0.1, -0.05) is 29.9 Å². The van der Waals surface area contributed by atoms with E-state index in [1.807, 2.05) is 24.3 Å². The van der Waals surface area contributed by atoms with Gasteiger partial charge in [-0.05, 0) is 23.2 Å². The van der Waals surface area contributed by atoms with Crippen LogP contribution in [0.1, 0.15) is 5.56 Å². The third kappa shape index (κ3) is 3.21. The van der Waals surface area contributed by atoms with Crippen molar-refractivity contribution in [1.29, 1.82) is 0 Å². The zero-order chi connectivity index (χ0) is 10.2. The minimum Gasteiger partial charge on any atom is -0.490 e. The van der Waals surface area contributed by atoms with Gasteiger partial charge in [0.25, 0.3) is 0 Å². The Kier molecular flexibility index (Phi) is 4.11. The van der Waals surface area contributed by atoms with E-state index in [9.17, 15) is 0 Å². The van der Waals surface area contributed by atoms with Gasteiger partial charge in [0.15, 0.2) is 0 Å². The Labute approximate surface area is 82.4 Å². The molecule has 0 unspecified atom stereocenters. The van der Waals surface area contributed by atoms with E-state index in [2.05, 4.69) is 16.6 Å². The van der Waals surface area contributed by atoms with Crippen LogP contribution >= 0.6 is 0 Å². The van der Waals surface area contributed by atoms with Crippen LogP contribution in [0, 0.1) is 0 Å². The standard InChI is InChI=1S/C10H11N3O/c1-2-7-14-10-5-3-9(4-6-10)8-12-13-11/h2-6H,1,7-8H2. The maximum absolute atomic E-state index is 8.12. The summed E-state index contributed by atoms with van der Waals surface area (Å²) in [5.41, 5.74) is 9.09. The zero-order valence-electron chi connectivity index (χ0n) is 7.76. The van der Waals surface area contributed by atoms with Gasteiger partial charge in [-0.3, -0.25) is 0 Å². The molecule has 0 saturated carbocycles. The van der Waals surface area contributed by atoms with E-state index in [4.69, 9.17) is 10.3 Å². The van der Waals surface area contributed by atoms with Crippen LogP contribution in [-0.2, 0) is 6.54 Å². The number of azide groups is 1. The molecule has 0 fully saturated rings.